The first-order valence-corrected chi connectivity index (χ1v) is 11.9. The van der Waals surface area contributed by atoms with Gasteiger partial charge in [-0.3, -0.25) is 9.58 Å². The molecule has 2 N–H and O–H groups in total. The smallest absolute Gasteiger partial charge is 0.490 e. The van der Waals surface area contributed by atoms with E-state index in [0.29, 0.717) is 5.92 Å². The van der Waals surface area contributed by atoms with Gasteiger partial charge in [-0.25, -0.2) is 9.59 Å². The Labute approximate surface area is 220 Å². The highest BCUT2D eigenvalue weighted by Crippen LogP contribution is 2.24. The van der Waals surface area contributed by atoms with Crippen molar-refractivity contribution in [2.45, 2.75) is 44.8 Å². The van der Waals surface area contributed by atoms with Crippen LogP contribution in [0.1, 0.15) is 24.1 Å². The predicted molar refractivity (Wildman–Crippen MR) is 126 cm³/mol. The molecule has 2 aliphatic rings. The van der Waals surface area contributed by atoms with Crippen LogP contribution < -0.4 is 4.74 Å². The van der Waals surface area contributed by atoms with Crippen molar-refractivity contribution in [1.29, 1.82) is 0 Å². The molecule has 0 amide bonds. The summed E-state index contributed by atoms with van der Waals surface area (Å²) in [7, 11) is 1.76. The quantitative estimate of drug-likeness (QED) is 0.524. The molecule has 39 heavy (non-hydrogen) atoms. The first-order chi connectivity index (χ1) is 18.2. The molecule has 15 heteroatoms. The molecule has 1 fully saturated rings. The number of para-hydroxylation sites is 1. The largest absolute Gasteiger partial charge is 0.496 e. The molecule has 1 aromatic heterocycles. The van der Waals surface area contributed by atoms with Gasteiger partial charge in [0.25, 0.3) is 0 Å². The Morgan fingerprint density at radius 1 is 0.949 bits per heavy atom. The average molecular weight is 569 g/mol. The third kappa shape index (κ3) is 10.8. The van der Waals surface area contributed by atoms with Crippen LogP contribution in [0.5, 0.6) is 5.75 Å². The van der Waals surface area contributed by atoms with Gasteiger partial charge in [0.15, 0.2) is 0 Å². The van der Waals surface area contributed by atoms with Crippen molar-refractivity contribution in [3.8, 4) is 5.75 Å². The molecule has 1 aromatic carbocycles. The van der Waals surface area contributed by atoms with E-state index in [1.54, 1.807) is 7.11 Å². The number of aliphatic carboxylic acids is 2. The molecule has 1 unspecified atom stereocenters. The number of likely N-dealkylation sites (tertiary alicyclic amines) is 1. The van der Waals surface area contributed by atoms with E-state index < -0.39 is 24.3 Å². The van der Waals surface area contributed by atoms with Gasteiger partial charge in [0.1, 0.15) is 5.75 Å². The first-order valence-electron chi connectivity index (χ1n) is 11.9. The summed E-state index contributed by atoms with van der Waals surface area (Å²) in [6.45, 7) is 7.71. The van der Waals surface area contributed by atoms with Gasteiger partial charge < -0.3 is 19.8 Å². The highest BCUT2D eigenvalue weighted by molar-refractivity contribution is 5.73. The number of carbonyl (C=O) groups is 2. The maximum atomic E-state index is 10.6. The molecular weight excluding hydrogens is 538 g/mol. The van der Waals surface area contributed by atoms with Crippen LogP contribution in [0.15, 0.2) is 36.5 Å². The van der Waals surface area contributed by atoms with Gasteiger partial charge in [-0.1, -0.05) is 18.2 Å². The number of halogens is 6. The number of fused-ring (bicyclic) bond motifs is 1. The second-order valence-corrected chi connectivity index (χ2v) is 8.97. The van der Waals surface area contributed by atoms with Crippen LogP contribution in [-0.2, 0) is 29.2 Å². The summed E-state index contributed by atoms with van der Waals surface area (Å²) < 4.78 is 71.2. The number of carboxylic acid groups (broad SMARTS) is 2. The molecule has 2 aliphatic heterocycles. The molecule has 0 radical (unpaired) electrons. The number of alkyl halides is 6. The van der Waals surface area contributed by atoms with Gasteiger partial charge in [-0.2, -0.15) is 31.4 Å². The number of hydrogen-bond acceptors (Lipinski definition) is 6. The Bertz CT molecular complexity index is 1050. The van der Waals surface area contributed by atoms with E-state index in [0.717, 1.165) is 31.9 Å². The Hall–Kier alpha value is -3.33. The van der Waals surface area contributed by atoms with Crippen molar-refractivity contribution in [3.63, 3.8) is 0 Å². The summed E-state index contributed by atoms with van der Waals surface area (Å²) >= 11 is 0. The lowest BCUT2D eigenvalue weighted by Crippen LogP contribution is -2.35. The van der Waals surface area contributed by atoms with Gasteiger partial charge in [0.2, 0.25) is 0 Å². The molecule has 2 aromatic rings. The molecule has 3 heterocycles. The number of nitrogens with zero attached hydrogens (tertiary/aromatic N) is 4. The van der Waals surface area contributed by atoms with E-state index in [1.165, 1.54) is 43.7 Å². The van der Waals surface area contributed by atoms with Crippen LogP contribution in [-0.4, -0.2) is 87.4 Å². The Kier molecular flexibility index (Phi) is 11.6. The molecule has 0 aliphatic carbocycles. The van der Waals surface area contributed by atoms with Crippen LogP contribution in [0, 0.1) is 5.92 Å². The van der Waals surface area contributed by atoms with E-state index in [2.05, 4.69) is 43.8 Å². The fraction of sp³-hybridized carbons (Fsp3) is 0.542. The molecule has 1 saturated heterocycles. The number of carboxylic acids is 2. The predicted octanol–water partition coefficient (Wildman–Crippen LogP) is 3.89. The first kappa shape index (κ1) is 31.9. The van der Waals surface area contributed by atoms with Crippen molar-refractivity contribution in [3.05, 3.63) is 47.8 Å². The normalized spacial score (nSPS) is 18.1. The highest BCUT2D eigenvalue weighted by atomic mass is 19.4. The minimum Gasteiger partial charge on any atom is -0.496 e. The lowest BCUT2D eigenvalue weighted by Gasteiger charge is -2.27. The summed E-state index contributed by atoms with van der Waals surface area (Å²) in [4.78, 5) is 23.0. The standard InChI is InChI=1S/C20H28N4O.2C2HF3O2/c1-25-20-7-3-2-6-18(20)15-23-13-17(12-22-10-4-5-11-22)14-24-19(16-23)8-9-21-24;2*3-2(4,5)1(6)7/h2-3,6-9,17H,4-5,10-16H2,1H3;2*(H,6,7). The van der Waals surface area contributed by atoms with Gasteiger partial charge in [-0.05, 0) is 38.1 Å². The van der Waals surface area contributed by atoms with Crippen molar-refractivity contribution in [2.24, 2.45) is 5.92 Å². The van der Waals surface area contributed by atoms with Gasteiger partial charge in [-0.15, -0.1) is 0 Å². The Morgan fingerprint density at radius 2 is 1.51 bits per heavy atom. The van der Waals surface area contributed by atoms with E-state index in [4.69, 9.17) is 24.5 Å². The van der Waals surface area contributed by atoms with Crippen LogP contribution in [0.2, 0.25) is 0 Å². The molecule has 9 nitrogen and oxygen atoms in total. The zero-order valence-electron chi connectivity index (χ0n) is 21.1. The second kappa shape index (κ2) is 14.2. The lowest BCUT2D eigenvalue weighted by atomic mass is 10.1. The van der Waals surface area contributed by atoms with Crippen molar-refractivity contribution in [1.82, 2.24) is 19.6 Å². The van der Waals surface area contributed by atoms with Crippen molar-refractivity contribution in [2.75, 3.05) is 33.3 Å². The van der Waals surface area contributed by atoms with Gasteiger partial charge >= 0.3 is 24.3 Å². The van der Waals surface area contributed by atoms with Crippen molar-refractivity contribution < 1.29 is 50.9 Å². The summed E-state index contributed by atoms with van der Waals surface area (Å²) in [6.07, 6.45) is -5.52. The third-order valence-electron chi connectivity index (χ3n) is 5.92. The van der Waals surface area contributed by atoms with Crippen molar-refractivity contribution >= 4 is 11.9 Å². The average Bonchev–Trinajstić information content (AvgIpc) is 3.48. The Morgan fingerprint density at radius 3 is 2.05 bits per heavy atom. The summed E-state index contributed by atoms with van der Waals surface area (Å²) in [5.74, 6) is -3.91. The number of hydrogen-bond donors (Lipinski definition) is 2. The topological polar surface area (TPSA) is 108 Å². The Balaban J connectivity index is 0.000000317. The number of methoxy groups -OCH3 is 1. The summed E-state index contributed by atoms with van der Waals surface area (Å²) in [5.41, 5.74) is 2.58. The van der Waals surface area contributed by atoms with Gasteiger partial charge in [0.05, 0.1) is 12.8 Å². The number of aromatic nitrogens is 2. The van der Waals surface area contributed by atoms with Crippen LogP contribution in [0.4, 0.5) is 26.3 Å². The molecule has 0 saturated carbocycles. The van der Waals surface area contributed by atoms with Crippen LogP contribution in [0.25, 0.3) is 0 Å². The lowest BCUT2D eigenvalue weighted by molar-refractivity contribution is -0.193. The molecule has 0 bridgehead atoms. The minimum atomic E-state index is -5.08. The summed E-state index contributed by atoms with van der Waals surface area (Å²) in [6, 6.07) is 10.5. The molecular formula is C24H30F6N4O5. The number of rotatable bonds is 5. The number of ether oxygens (including phenoxy) is 1. The molecule has 218 valence electrons. The molecule has 4 rings (SSSR count). The van der Waals surface area contributed by atoms with E-state index in [9.17, 15) is 26.3 Å². The number of benzene rings is 1. The third-order valence-corrected chi connectivity index (χ3v) is 5.92. The zero-order valence-corrected chi connectivity index (χ0v) is 21.1. The minimum absolute atomic E-state index is 0.619. The molecule has 1 atom stereocenters. The van der Waals surface area contributed by atoms with Crippen LogP contribution >= 0.6 is 0 Å². The SMILES string of the molecule is COc1ccccc1CN1Cc2ccnn2CC(CN2CCCC2)C1.O=C(O)C(F)(F)F.O=C(O)C(F)(F)F. The van der Waals surface area contributed by atoms with E-state index in [-0.39, 0.29) is 0 Å². The van der Waals surface area contributed by atoms with E-state index in [1.807, 2.05) is 12.3 Å². The maximum Gasteiger partial charge on any atom is 0.490 e. The monoisotopic (exact) mass is 568 g/mol. The van der Waals surface area contributed by atoms with E-state index >= 15 is 0 Å². The fourth-order valence-corrected chi connectivity index (χ4v) is 4.26. The fourth-order valence-electron chi connectivity index (χ4n) is 4.26. The second-order valence-electron chi connectivity index (χ2n) is 8.97. The van der Waals surface area contributed by atoms with Crippen LogP contribution in [0.3, 0.4) is 0 Å². The highest BCUT2D eigenvalue weighted by Gasteiger charge is 2.38. The summed E-state index contributed by atoms with van der Waals surface area (Å²) in [5, 5.41) is 18.8. The zero-order chi connectivity index (χ0) is 29.2. The maximum absolute atomic E-state index is 10.6. The van der Waals surface area contributed by atoms with Gasteiger partial charge in [0, 0.05) is 50.4 Å². The molecule has 0 spiro atoms.